The standard InChI is InChI=1S/C18H25N5O/c1-14(2)23-13-16(11-21-23)18(24)22(17-5-8-19-9-6-17)12-15-4-3-7-20-10-15/h3-4,7,10-11,13-14,17,19H,5-6,8-9,12H2,1-2H3. The van der Waals surface area contributed by atoms with Gasteiger partial charge < -0.3 is 10.2 Å². The topological polar surface area (TPSA) is 63.1 Å². The molecule has 2 aromatic heterocycles. The molecule has 6 heteroatoms. The summed E-state index contributed by atoms with van der Waals surface area (Å²) in [6, 6.07) is 4.43. The summed E-state index contributed by atoms with van der Waals surface area (Å²) in [5.74, 6) is 0.0534. The van der Waals surface area contributed by atoms with E-state index in [0.717, 1.165) is 31.5 Å². The molecule has 1 aliphatic rings. The molecule has 3 rings (SSSR count). The monoisotopic (exact) mass is 327 g/mol. The second kappa shape index (κ2) is 7.57. The Balaban J connectivity index is 1.83. The first-order valence-electron chi connectivity index (χ1n) is 8.60. The molecule has 0 aliphatic carbocycles. The van der Waals surface area contributed by atoms with Gasteiger partial charge in [-0.15, -0.1) is 0 Å². The summed E-state index contributed by atoms with van der Waals surface area (Å²) in [6.07, 6.45) is 9.07. The molecule has 1 fully saturated rings. The van der Waals surface area contributed by atoms with Crippen LogP contribution in [0, 0.1) is 0 Å². The molecule has 6 nitrogen and oxygen atoms in total. The van der Waals surface area contributed by atoms with Crippen molar-refractivity contribution in [1.29, 1.82) is 0 Å². The predicted molar refractivity (Wildman–Crippen MR) is 92.6 cm³/mol. The molecule has 1 amide bonds. The van der Waals surface area contributed by atoms with E-state index in [4.69, 9.17) is 0 Å². The number of piperidine rings is 1. The Morgan fingerprint density at radius 1 is 1.38 bits per heavy atom. The third-order valence-corrected chi connectivity index (χ3v) is 4.46. The normalized spacial score (nSPS) is 15.6. The molecule has 24 heavy (non-hydrogen) atoms. The zero-order valence-corrected chi connectivity index (χ0v) is 14.4. The quantitative estimate of drug-likeness (QED) is 0.915. The van der Waals surface area contributed by atoms with Crippen molar-refractivity contribution in [2.45, 2.75) is 45.3 Å². The summed E-state index contributed by atoms with van der Waals surface area (Å²) in [5, 5.41) is 7.68. The number of carbonyl (C=O) groups excluding carboxylic acids is 1. The SMILES string of the molecule is CC(C)n1cc(C(=O)N(Cc2cccnc2)C2CCNCC2)cn1. The van der Waals surface area contributed by atoms with E-state index in [9.17, 15) is 4.79 Å². The third kappa shape index (κ3) is 3.82. The first-order valence-corrected chi connectivity index (χ1v) is 8.60. The van der Waals surface area contributed by atoms with Gasteiger partial charge in [-0.3, -0.25) is 14.5 Å². The lowest BCUT2D eigenvalue weighted by Gasteiger charge is -2.34. The summed E-state index contributed by atoms with van der Waals surface area (Å²) >= 11 is 0. The van der Waals surface area contributed by atoms with Gasteiger partial charge in [0, 0.05) is 37.2 Å². The minimum atomic E-state index is 0.0534. The van der Waals surface area contributed by atoms with Gasteiger partial charge in [0.2, 0.25) is 0 Å². The van der Waals surface area contributed by atoms with Gasteiger partial charge in [-0.2, -0.15) is 5.10 Å². The van der Waals surface area contributed by atoms with Crippen LogP contribution in [0.1, 0.15) is 48.7 Å². The van der Waals surface area contributed by atoms with Crippen LogP contribution in [0.4, 0.5) is 0 Å². The first-order chi connectivity index (χ1) is 11.6. The first kappa shape index (κ1) is 16.6. The number of pyridine rings is 1. The molecule has 1 N–H and O–H groups in total. The minimum Gasteiger partial charge on any atom is -0.331 e. The highest BCUT2D eigenvalue weighted by Gasteiger charge is 2.27. The Morgan fingerprint density at radius 3 is 2.79 bits per heavy atom. The van der Waals surface area contributed by atoms with Gasteiger partial charge in [-0.25, -0.2) is 0 Å². The molecule has 0 aromatic carbocycles. The number of carbonyl (C=O) groups is 1. The molecule has 1 aliphatic heterocycles. The fourth-order valence-corrected chi connectivity index (χ4v) is 3.07. The molecule has 0 bridgehead atoms. The Hall–Kier alpha value is -2.21. The molecule has 0 radical (unpaired) electrons. The maximum Gasteiger partial charge on any atom is 0.257 e. The van der Waals surface area contributed by atoms with Gasteiger partial charge in [-0.05, 0) is 51.4 Å². The average molecular weight is 327 g/mol. The van der Waals surface area contributed by atoms with E-state index in [0.29, 0.717) is 12.1 Å². The Bertz CT molecular complexity index is 661. The van der Waals surface area contributed by atoms with Crippen LogP contribution in [0.5, 0.6) is 0 Å². The largest absolute Gasteiger partial charge is 0.331 e. The van der Waals surface area contributed by atoms with Gasteiger partial charge in [0.25, 0.3) is 5.91 Å². The number of hydrogen-bond acceptors (Lipinski definition) is 4. The van der Waals surface area contributed by atoms with E-state index in [-0.39, 0.29) is 18.0 Å². The highest BCUT2D eigenvalue weighted by atomic mass is 16.2. The zero-order chi connectivity index (χ0) is 16.9. The maximum absolute atomic E-state index is 13.1. The average Bonchev–Trinajstić information content (AvgIpc) is 3.11. The maximum atomic E-state index is 13.1. The van der Waals surface area contributed by atoms with E-state index >= 15 is 0 Å². The van der Waals surface area contributed by atoms with Gasteiger partial charge in [-0.1, -0.05) is 6.07 Å². The summed E-state index contributed by atoms with van der Waals surface area (Å²) < 4.78 is 1.83. The number of aromatic nitrogens is 3. The summed E-state index contributed by atoms with van der Waals surface area (Å²) in [5.41, 5.74) is 1.71. The van der Waals surface area contributed by atoms with E-state index in [1.54, 1.807) is 12.4 Å². The van der Waals surface area contributed by atoms with Gasteiger partial charge >= 0.3 is 0 Å². The van der Waals surface area contributed by atoms with E-state index in [1.165, 1.54) is 0 Å². The van der Waals surface area contributed by atoms with Crippen molar-refractivity contribution >= 4 is 5.91 Å². The van der Waals surface area contributed by atoms with Crippen LogP contribution in [0.15, 0.2) is 36.9 Å². The summed E-state index contributed by atoms with van der Waals surface area (Å²) in [7, 11) is 0. The molecule has 2 aromatic rings. The van der Waals surface area contributed by atoms with E-state index < -0.39 is 0 Å². The predicted octanol–water partition coefficient (Wildman–Crippen LogP) is 2.25. The van der Waals surface area contributed by atoms with Crippen molar-refractivity contribution in [2.24, 2.45) is 0 Å². The van der Waals surface area contributed by atoms with Gasteiger partial charge in [0.15, 0.2) is 0 Å². The Labute approximate surface area is 142 Å². The molecule has 0 atom stereocenters. The van der Waals surface area contributed by atoms with Crippen molar-refractivity contribution in [3.8, 4) is 0 Å². The Morgan fingerprint density at radius 2 is 2.17 bits per heavy atom. The van der Waals surface area contributed by atoms with E-state index in [2.05, 4.69) is 29.2 Å². The van der Waals surface area contributed by atoms with Crippen LogP contribution < -0.4 is 5.32 Å². The van der Waals surface area contributed by atoms with Crippen molar-refractivity contribution in [3.05, 3.63) is 48.0 Å². The van der Waals surface area contributed by atoms with Crippen molar-refractivity contribution in [1.82, 2.24) is 25.0 Å². The molecule has 0 unspecified atom stereocenters. The number of nitrogens with zero attached hydrogens (tertiary/aromatic N) is 4. The Kier molecular flexibility index (Phi) is 5.25. The number of rotatable bonds is 5. The third-order valence-electron chi connectivity index (χ3n) is 4.46. The van der Waals surface area contributed by atoms with Crippen molar-refractivity contribution < 1.29 is 4.79 Å². The lowest BCUT2D eigenvalue weighted by Crippen LogP contribution is -2.45. The minimum absolute atomic E-state index is 0.0534. The molecule has 1 saturated heterocycles. The molecule has 3 heterocycles. The van der Waals surface area contributed by atoms with Gasteiger partial charge in [0.1, 0.15) is 0 Å². The molecule has 0 spiro atoms. The zero-order valence-electron chi connectivity index (χ0n) is 14.4. The summed E-state index contributed by atoms with van der Waals surface area (Å²) in [6.45, 7) is 6.60. The lowest BCUT2D eigenvalue weighted by molar-refractivity contribution is 0.0623. The molecule has 0 saturated carbocycles. The lowest BCUT2D eigenvalue weighted by atomic mass is 10.0. The number of nitrogens with one attached hydrogen (secondary N) is 1. The van der Waals surface area contributed by atoms with E-state index in [1.807, 2.05) is 34.1 Å². The summed E-state index contributed by atoms with van der Waals surface area (Å²) in [4.78, 5) is 19.3. The highest BCUT2D eigenvalue weighted by Crippen LogP contribution is 2.19. The van der Waals surface area contributed by atoms with Crippen molar-refractivity contribution in [2.75, 3.05) is 13.1 Å². The van der Waals surface area contributed by atoms with Crippen LogP contribution in [0.3, 0.4) is 0 Å². The van der Waals surface area contributed by atoms with Crippen LogP contribution in [0.25, 0.3) is 0 Å². The molecule has 128 valence electrons. The fraction of sp³-hybridized carbons (Fsp3) is 0.500. The van der Waals surface area contributed by atoms with Crippen molar-refractivity contribution in [3.63, 3.8) is 0 Å². The van der Waals surface area contributed by atoms with Crippen LogP contribution in [0.2, 0.25) is 0 Å². The number of amides is 1. The fourth-order valence-electron chi connectivity index (χ4n) is 3.07. The van der Waals surface area contributed by atoms with Crippen LogP contribution in [-0.4, -0.2) is 44.7 Å². The molecular weight excluding hydrogens is 302 g/mol. The van der Waals surface area contributed by atoms with Crippen LogP contribution in [-0.2, 0) is 6.54 Å². The second-order valence-electron chi connectivity index (χ2n) is 6.58. The highest BCUT2D eigenvalue weighted by molar-refractivity contribution is 5.94. The van der Waals surface area contributed by atoms with Crippen LogP contribution >= 0.6 is 0 Å². The number of hydrogen-bond donors (Lipinski definition) is 1. The smallest absolute Gasteiger partial charge is 0.257 e. The molecular formula is C18H25N5O. The van der Waals surface area contributed by atoms with Gasteiger partial charge in [0.05, 0.1) is 11.8 Å². The second-order valence-corrected chi connectivity index (χ2v) is 6.58.